The molecule has 6 heteroatoms. The molecule has 1 aromatic carbocycles. The van der Waals surface area contributed by atoms with Crippen LogP contribution in [-0.4, -0.2) is 43.8 Å². The van der Waals surface area contributed by atoms with Crippen LogP contribution in [0.5, 0.6) is 5.75 Å². The van der Waals surface area contributed by atoms with Gasteiger partial charge in [0.15, 0.2) is 11.6 Å². The second-order valence-electron chi connectivity index (χ2n) is 6.14. The highest BCUT2D eigenvalue weighted by molar-refractivity contribution is 5.90. The number of rotatable bonds is 5. The van der Waals surface area contributed by atoms with Crippen molar-refractivity contribution in [2.75, 3.05) is 32.1 Å². The normalized spacial score (nSPS) is 18.2. The van der Waals surface area contributed by atoms with Crippen molar-refractivity contribution in [3.8, 4) is 5.75 Å². The number of benzene rings is 1. The summed E-state index contributed by atoms with van der Waals surface area (Å²) in [6.45, 7) is 6.01. The summed E-state index contributed by atoms with van der Waals surface area (Å²) in [5.41, 5.74) is 1.24. The van der Waals surface area contributed by atoms with Crippen molar-refractivity contribution in [3.05, 3.63) is 23.5 Å². The average Bonchev–Trinajstić information content (AvgIpc) is 2.81. The molecule has 0 bridgehead atoms. The van der Waals surface area contributed by atoms with Crippen LogP contribution in [0, 0.1) is 12.7 Å². The molecule has 1 N–H and O–H groups in total. The van der Waals surface area contributed by atoms with Crippen LogP contribution in [0.15, 0.2) is 12.1 Å². The smallest absolute Gasteiger partial charge is 0.321 e. The summed E-state index contributed by atoms with van der Waals surface area (Å²) < 4.78 is 24.6. The van der Waals surface area contributed by atoms with Crippen LogP contribution in [0.25, 0.3) is 0 Å². The number of anilines is 1. The van der Waals surface area contributed by atoms with Gasteiger partial charge in [-0.15, -0.1) is 0 Å². The third-order valence-corrected chi connectivity index (χ3v) is 4.26. The largest absolute Gasteiger partial charge is 0.494 e. The van der Waals surface area contributed by atoms with E-state index in [0.717, 1.165) is 37.9 Å². The Morgan fingerprint density at radius 3 is 2.88 bits per heavy atom. The number of urea groups is 1. The lowest BCUT2D eigenvalue weighted by molar-refractivity contribution is 0.0446. The Morgan fingerprint density at radius 1 is 1.38 bits per heavy atom. The Hall–Kier alpha value is -1.82. The summed E-state index contributed by atoms with van der Waals surface area (Å²) in [4.78, 5) is 14.3. The van der Waals surface area contributed by atoms with E-state index in [1.54, 1.807) is 11.0 Å². The topological polar surface area (TPSA) is 50.8 Å². The summed E-state index contributed by atoms with van der Waals surface area (Å²) in [6.07, 6.45) is 3.95. The molecule has 2 rings (SSSR count). The van der Waals surface area contributed by atoms with Crippen molar-refractivity contribution in [2.24, 2.45) is 0 Å². The average molecular weight is 338 g/mol. The Balaban J connectivity index is 1.96. The fourth-order valence-corrected chi connectivity index (χ4v) is 2.86. The molecule has 0 aliphatic carbocycles. The van der Waals surface area contributed by atoms with Crippen LogP contribution in [0.3, 0.4) is 0 Å². The van der Waals surface area contributed by atoms with Crippen LogP contribution < -0.4 is 10.1 Å². The molecule has 1 aliphatic rings. The molecule has 1 heterocycles. The van der Waals surface area contributed by atoms with Gasteiger partial charge in [-0.05, 0) is 44.2 Å². The van der Waals surface area contributed by atoms with Crippen LogP contribution >= 0.6 is 0 Å². The van der Waals surface area contributed by atoms with Gasteiger partial charge in [-0.25, -0.2) is 9.18 Å². The molecule has 0 aromatic heterocycles. The van der Waals surface area contributed by atoms with Crippen molar-refractivity contribution in [2.45, 2.75) is 45.6 Å². The third-order valence-electron chi connectivity index (χ3n) is 4.26. The van der Waals surface area contributed by atoms with E-state index in [4.69, 9.17) is 9.47 Å². The van der Waals surface area contributed by atoms with Gasteiger partial charge >= 0.3 is 6.03 Å². The maximum Gasteiger partial charge on any atom is 0.321 e. The fourth-order valence-electron chi connectivity index (χ4n) is 2.86. The number of likely N-dealkylation sites (tertiary alicyclic amines) is 1. The molecule has 0 spiro atoms. The van der Waals surface area contributed by atoms with Gasteiger partial charge in [-0.3, -0.25) is 0 Å². The molecule has 1 aromatic rings. The fraction of sp³-hybridized carbons (Fsp3) is 0.611. The molecular formula is C18H27FN2O3. The zero-order valence-electron chi connectivity index (χ0n) is 14.7. The maximum atomic E-state index is 13.9. The molecule has 1 atom stereocenters. The monoisotopic (exact) mass is 338 g/mol. The number of nitrogens with zero attached hydrogens (tertiary/aromatic N) is 1. The first-order chi connectivity index (χ1) is 11.5. The van der Waals surface area contributed by atoms with Gasteiger partial charge < -0.3 is 19.7 Å². The second kappa shape index (κ2) is 8.87. The van der Waals surface area contributed by atoms with Gasteiger partial charge in [0.25, 0.3) is 0 Å². The molecule has 24 heavy (non-hydrogen) atoms. The lowest BCUT2D eigenvalue weighted by atomic mass is 10.2. The number of carbonyl (C=O) groups excluding carboxylic acids is 1. The van der Waals surface area contributed by atoms with Gasteiger partial charge in [-0.1, -0.05) is 6.92 Å². The van der Waals surface area contributed by atoms with Gasteiger partial charge in [0, 0.05) is 31.5 Å². The van der Waals surface area contributed by atoms with Crippen LogP contribution in [-0.2, 0) is 4.74 Å². The predicted molar refractivity (Wildman–Crippen MR) is 92.2 cm³/mol. The van der Waals surface area contributed by atoms with Gasteiger partial charge in [0.1, 0.15) is 0 Å². The van der Waals surface area contributed by atoms with E-state index in [1.165, 1.54) is 13.2 Å². The van der Waals surface area contributed by atoms with E-state index in [9.17, 15) is 9.18 Å². The van der Waals surface area contributed by atoms with Crippen LogP contribution in [0.1, 0.15) is 38.2 Å². The summed E-state index contributed by atoms with van der Waals surface area (Å²) in [7, 11) is 1.42. The minimum atomic E-state index is -0.484. The molecule has 1 fully saturated rings. The summed E-state index contributed by atoms with van der Waals surface area (Å²) in [5, 5.41) is 2.81. The van der Waals surface area contributed by atoms with Gasteiger partial charge in [0.2, 0.25) is 0 Å². The molecule has 0 saturated carbocycles. The highest BCUT2D eigenvalue weighted by Gasteiger charge is 2.21. The van der Waals surface area contributed by atoms with E-state index in [1.807, 2.05) is 6.92 Å². The zero-order valence-corrected chi connectivity index (χ0v) is 14.7. The molecular weight excluding hydrogens is 311 g/mol. The maximum absolute atomic E-state index is 13.9. The van der Waals surface area contributed by atoms with Crippen molar-refractivity contribution in [3.63, 3.8) is 0 Å². The van der Waals surface area contributed by atoms with Crippen molar-refractivity contribution < 1.29 is 18.7 Å². The predicted octanol–water partition coefficient (Wildman–Crippen LogP) is 3.96. The first-order valence-corrected chi connectivity index (χ1v) is 8.56. The third kappa shape index (κ3) is 4.84. The molecule has 134 valence electrons. The number of carbonyl (C=O) groups is 1. The molecule has 1 saturated heterocycles. The van der Waals surface area contributed by atoms with Gasteiger partial charge in [0.05, 0.1) is 13.2 Å². The Morgan fingerprint density at radius 2 is 2.17 bits per heavy atom. The number of halogens is 1. The standard InChI is InChI=1S/C18H27FN2O3/c1-4-10-24-14-6-5-8-21(9-7-14)18(22)20-16-12-15(19)17(23-3)11-13(16)2/h11-12,14H,4-10H2,1-3H3,(H,20,22). The van der Waals surface area contributed by atoms with E-state index >= 15 is 0 Å². The number of aryl methyl sites for hydroxylation is 1. The minimum absolute atomic E-state index is 0.177. The molecule has 1 unspecified atom stereocenters. The number of hydrogen-bond acceptors (Lipinski definition) is 3. The molecule has 2 amide bonds. The highest BCUT2D eigenvalue weighted by atomic mass is 19.1. The van der Waals surface area contributed by atoms with Gasteiger partial charge in [-0.2, -0.15) is 0 Å². The Bertz CT molecular complexity index is 565. The van der Waals surface area contributed by atoms with E-state index in [2.05, 4.69) is 12.2 Å². The summed E-state index contributed by atoms with van der Waals surface area (Å²) >= 11 is 0. The number of hydrogen-bond donors (Lipinski definition) is 1. The van der Waals surface area contributed by atoms with E-state index in [0.29, 0.717) is 18.8 Å². The quantitative estimate of drug-likeness (QED) is 0.884. The summed E-state index contributed by atoms with van der Waals surface area (Å²) in [6, 6.07) is 2.69. The summed E-state index contributed by atoms with van der Waals surface area (Å²) in [5.74, 6) is -0.307. The van der Waals surface area contributed by atoms with Crippen LogP contribution in [0.2, 0.25) is 0 Å². The van der Waals surface area contributed by atoms with E-state index in [-0.39, 0.29) is 17.9 Å². The zero-order chi connectivity index (χ0) is 17.5. The molecule has 5 nitrogen and oxygen atoms in total. The number of ether oxygens (including phenoxy) is 2. The van der Waals surface area contributed by atoms with Crippen molar-refractivity contribution in [1.82, 2.24) is 4.90 Å². The minimum Gasteiger partial charge on any atom is -0.494 e. The highest BCUT2D eigenvalue weighted by Crippen LogP contribution is 2.26. The second-order valence-corrected chi connectivity index (χ2v) is 6.14. The Kier molecular flexibility index (Phi) is 6.85. The molecule has 0 radical (unpaired) electrons. The van der Waals surface area contributed by atoms with Crippen molar-refractivity contribution >= 4 is 11.7 Å². The number of amides is 2. The van der Waals surface area contributed by atoms with E-state index < -0.39 is 5.82 Å². The number of methoxy groups -OCH3 is 1. The lowest BCUT2D eigenvalue weighted by Crippen LogP contribution is -2.36. The first-order valence-electron chi connectivity index (χ1n) is 8.56. The van der Waals surface area contributed by atoms with Crippen molar-refractivity contribution in [1.29, 1.82) is 0 Å². The number of nitrogens with one attached hydrogen (secondary N) is 1. The molecule has 1 aliphatic heterocycles. The first kappa shape index (κ1) is 18.5. The van der Waals surface area contributed by atoms with Crippen LogP contribution in [0.4, 0.5) is 14.9 Å². The SMILES string of the molecule is CCCOC1CCCN(C(=O)Nc2cc(F)c(OC)cc2C)CC1. The Labute approximate surface area is 143 Å². The lowest BCUT2D eigenvalue weighted by Gasteiger charge is -2.22.